The molecule has 19 heavy (non-hydrogen) atoms. The Morgan fingerprint density at radius 2 is 1.74 bits per heavy atom. The van der Waals surface area contributed by atoms with Crippen molar-refractivity contribution in [1.29, 1.82) is 0 Å². The van der Waals surface area contributed by atoms with Gasteiger partial charge in [0.05, 0.1) is 0 Å². The monoisotopic (exact) mass is 270 g/mol. The second-order valence-electron chi connectivity index (χ2n) is 5.38. The fraction of sp³-hybridized carbons (Fsp3) is 0.867. The van der Waals surface area contributed by atoms with Crippen molar-refractivity contribution in [2.75, 3.05) is 20.1 Å². The highest BCUT2D eigenvalue weighted by Gasteiger charge is 2.08. The van der Waals surface area contributed by atoms with E-state index in [1.807, 2.05) is 14.0 Å². The summed E-state index contributed by atoms with van der Waals surface area (Å²) in [6.45, 7) is 7.68. The second kappa shape index (κ2) is 11.0. The average molecular weight is 270 g/mol. The summed E-state index contributed by atoms with van der Waals surface area (Å²) in [7, 11) is 1.85. The Balaban J connectivity index is 3.54. The van der Waals surface area contributed by atoms with Gasteiger partial charge in [0.15, 0.2) is 0 Å². The van der Waals surface area contributed by atoms with Crippen LogP contribution in [0.2, 0.25) is 0 Å². The maximum Gasteiger partial charge on any atom is 0.222 e. The van der Waals surface area contributed by atoms with E-state index in [0.717, 1.165) is 32.4 Å². The Morgan fingerprint density at radius 1 is 1.11 bits per heavy atom. The number of nitrogens with zero attached hydrogens (tertiary/aromatic N) is 1. The summed E-state index contributed by atoms with van der Waals surface area (Å²) in [6.07, 6.45) is 4.66. The molecule has 4 nitrogen and oxygen atoms in total. The number of rotatable bonds is 11. The smallest absolute Gasteiger partial charge is 0.222 e. The number of nitrogens with one attached hydrogen (secondary N) is 1. The van der Waals surface area contributed by atoms with E-state index in [4.69, 9.17) is 0 Å². The number of hydrogen-bond acceptors (Lipinski definition) is 3. The van der Waals surface area contributed by atoms with Gasteiger partial charge in [-0.1, -0.05) is 27.2 Å². The fourth-order valence-corrected chi connectivity index (χ4v) is 1.79. The summed E-state index contributed by atoms with van der Waals surface area (Å²) in [5.41, 5.74) is 0. The standard InChI is InChI=1S/C15H30N2O2/c1-5-14(18)9-7-6-8-10-15(19)17(4)12-11-16-13(2)3/h13,16H,5-12H2,1-4H3. The van der Waals surface area contributed by atoms with Crippen LogP contribution in [0.4, 0.5) is 0 Å². The first-order chi connectivity index (χ1) is 8.97. The molecule has 1 amide bonds. The van der Waals surface area contributed by atoms with Crippen molar-refractivity contribution in [2.45, 2.75) is 65.3 Å². The van der Waals surface area contributed by atoms with Gasteiger partial charge >= 0.3 is 0 Å². The molecule has 0 rings (SSSR count). The van der Waals surface area contributed by atoms with E-state index in [1.54, 1.807) is 4.90 Å². The van der Waals surface area contributed by atoms with Crippen molar-refractivity contribution in [2.24, 2.45) is 0 Å². The van der Waals surface area contributed by atoms with Crippen molar-refractivity contribution in [1.82, 2.24) is 10.2 Å². The van der Waals surface area contributed by atoms with Gasteiger partial charge in [0.2, 0.25) is 5.91 Å². The zero-order valence-corrected chi connectivity index (χ0v) is 13.0. The predicted molar refractivity (Wildman–Crippen MR) is 79.2 cm³/mol. The van der Waals surface area contributed by atoms with Gasteiger partial charge in [-0.15, -0.1) is 0 Å². The predicted octanol–water partition coefficient (Wildman–Crippen LogP) is 2.37. The molecule has 0 radical (unpaired) electrons. The number of amides is 1. The molecule has 0 aliphatic carbocycles. The average Bonchev–Trinajstić information content (AvgIpc) is 2.37. The van der Waals surface area contributed by atoms with Crippen molar-refractivity contribution in [3.63, 3.8) is 0 Å². The van der Waals surface area contributed by atoms with Crippen LogP contribution >= 0.6 is 0 Å². The third-order valence-electron chi connectivity index (χ3n) is 3.17. The van der Waals surface area contributed by atoms with Crippen LogP contribution in [0.3, 0.4) is 0 Å². The van der Waals surface area contributed by atoms with Crippen LogP contribution < -0.4 is 5.32 Å². The molecule has 0 saturated carbocycles. The van der Waals surface area contributed by atoms with E-state index >= 15 is 0 Å². The van der Waals surface area contributed by atoms with E-state index in [1.165, 1.54) is 0 Å². The van der Waals surface area contributed by atoms with Crippen molar-refractivity contribution >= 4 is 11.7 Å². The Hall–Kier alpha value is -0.900. The summed E-state index contributed by atoms with van der Waals surface area (Å²) < 4.78 is 0. The van der Waals surface area contributed by atoms with Crippen molar-refractivity contribution < 1.29 is 9.59 Å². The Kier molecular flexibility index (Phi) is 10.5. The summed E-state index contributed by atoms with van der Waals surface area (Å²) in [5.74, 6) is 0.524. The Bertz CT molecular complexity index is 265. The van der Waals surface area contributed by atoms with Gasteiger partial charge in [-0.05, 0) is 12.8 Å². The maximum absolute atomic E-state index is 11.8. The molecule has 4 heteroatoms. The van der Waals surface area contributed by atoms with Gasteiger partial charge in [0, 0.05) is 45.4 Å². The van der Waals surface area contributed by atoms with E-state index < -0.39 is 0 Å². The summed E-state index contributed by atoms with van der Waals surface area (Å²) >= 11 is 0. The molecule has 0 heterocycles. The maximum atomic E-state index is 11.8. The van der Waals surface area contributed by atoms with Crippen LogP contribution in [0.25, 0.3) is 0 Å². The molecular weight excluding hydrogens is 240 g/mol. The first-order valence-corrected chi connectivity index (χ1v) is 7.46. The lowest BCUT2D eigenvalue weighted by Crippen LogP contribution is -2.36. The molecule has 112 valence electrons. The minimum atomic E-state index is 0.201. The largest absolute Gasteiger partial charge is 0.344 e. The number of hydrogen-bond donors (Lipinski definition) is 1. The zero-order chi connectivity index (χ0) is 14.7. The molecule has 0 aromatic rings. The van der Waals surface area contributed by atoms with Crippen LogP contribution in [0, 0.1) is 0 Å². The molecule has 0 aromatic carbocycles. The van der Waals surface area contributed by atoms with Gasteiger partial charge in [-0.3, -0.25) is 9.59 Å². The van der Waals surface area contributed by atoms with Crippen molar-refractivity contribution in [3.8, 4) is 0 Å². The lowest BCUT2D eigenvalue weighted by Gasteiger charge is -2.18. The first kappa shape index (κ1) is 18.1. The Morgan fingerprint density at radius 3 is 2.32 bits per heavy atom. The molecule has 1 N–H and O–H groups in total. The van der Waals surface area contributed by atoms with Crippen molar-refractivity contribution in [3.05, 3.63) is 0 Å². The number of ketones is 1. The molecule has 0 fully saturated rings. The van der Waals surface area contributed by atoms with E-state index in [2.05, 4.69) is 19.2 Å². The van der Waals surface area contributed by atoms with E-state index in [-0.39, 0.29) is 5.91 Å². The summed E-state index contributed by atoms with van der Waals surface area (Å²) in [5, 5.41) is 3.30. The lowest BCUT2D eigenvalue weighted by molar-refractivity contribution is -0.130. The molecule has 0 bridgehead atoms. The molecule has 0 atom stereocenters. The first-order valence-electron chi connectivity index (χ1n) is 7.46. The van der Waals surface area contributed by atoms with Gasteiger partial charge in [-0.25, -0.2) is 0 Å². The topological polar surface area (TPSA) is 49.4 Å². The summed E-state index contributed by atoms with van der Waals surface area (Å²) in [4.78, 5) is 24.7. The molecule has 0 spiro atoms. The second-order valence-corrected chi connectivity index (χ2v) is 5.38. The van der Waals surface area contributed by atoms with Gasteiger partial charge in [-0.2, -0.15) is 0 Å². The number of likely N-dealkylation sites (N-methyl/N-ethyl adjacent to an activating group) is 1. The highest BCUT2D eigenvalue weighted by atomic mass is 16.2. The highest BCUT2D eigenvalue weighted by molar-refractivity contribution is 5.78. The third kappa shape index (κ3) is 10.7. The van der Waals surface area contributed by atoms with Crippen LogP contribution in [-0.2, 0) is 9.59 Å². The molecule has 0 aliphatic heterocycles. The van der Waals surface area contributed by atoms with Crippen LogP contribution in [0.15, 0.2) is 0 Å². The van der Waals surface area contributed by atoms with Crippen LogP contribution in [-0.4, -0.2) is 42.8 Å². The molecule has 0 aromatic heterocycles. The summed E-state index contributed by atoms with van der Waals surface area (Å²) in [6, 6.07) is 0.458. The number of unbranched alkanes of at least 4 members (excludes halogenated alkanes) is 2. The molecule has 0 aliphatic rings. The SMILES string of the molecule is CCC(=O)CCCCCC(=O)N(C)CCNC(C)C. The van der Waals surface area contributed by atoms with Gasteiger partial charge in [0.1, 0.15) is 5.78 Å². The molecule has 0 unspecified atom stereocenters. The minimum absolute atomic E-state index is 0.201. The fourth-order valence-electron chi connectivity index (χ4n) is 1.79. The zero-order valence-electron chi connectivity index (χ0n) is 13.0. The quantitative estimate of drug-likeness (QED) is 0.586. The van der Waals surface area contributed by atoms with E-state index in [0.29, 0.717) is 31.1 Å². The lowest BCUT2D eigenvalue weighted by atomic mass is 10.1. The normalized spacial score (nSPS) is 10.8. The van der Waals surface area contributed by atoms with Gasteiger partial charge < -0.3 is 10.2 Å². The van der Waals surface area contributed by atoms with E-state index in [9.17, 15) is 9.59 Å². The highest BCUT2D eigenvalue weighted by Crippen LogP contribution is 2.06. The van der Waals surface area contributed by atoms with Crippen LogP contribution in [0.1, 0.15) is 59.3 Å². The Labute approximate surface area is 117 Å². The number of Topliss-reactive ketones (excluding diaryl/α,β-unsaturated/α-hetero) is 1. The minimum Gasteiger partial charge on any atom is -0.344 e. The van der Waals surface area contributed by atoms with Gasteiger partial charge in [0.25, 0.3) is 0 Å². The molecule has 0 saturated heterocycles. The number of carbonyl (C=O) groups is 2. The molecular formula is C15H30N2O2. The number of carbonyl (C=O) groups excluding carboxylic acids is 2. The van der Waals surface area contributed by atoms with Crippen LogP contribution in [0.5, 0.6) is 0 Å². The third-order valence-corrected chi connectivity index (χ3v) is 3.17.